The standard InChI is InChI=1S/C17H24Si/c1-7-13-9-8-10-16-15(13)11-14(17(16,2)3)12-18(4,5)6/h7-11H,1,12H2,2-6H3. The molecule has 0 saturated carbocycles. The quantitative estimate of drug-likeness (QED) is 0.640. The van der Waals surface area contributed by atoms with Crippen LogP contribution in [0, 0.1) is 0 Å². The fourth-order valence-corrected chi connectivity index (χ4v) is 4.52. The number of hydrogen-bond acceptors (Lipinski definition) is 0. The summed E-state index contributed by atoms with van der Waals surface area (Å²) in [6.07, 6.45) is 4.40. The highest BCUT2D eigenvalue weighted by atomic mass is 28.3. The molecule has 0 aromatic heterocycles. The molecule has 0 atom stereocenters. The summed E-state index contributed by atoms with van der Waals surface area (Å²) in [7, 11) is -1.07. The first kappa shape index (κ1) is 13.4. The van der Waals surface area contributed by atoms with E-state index in [1.165, 1.54) is 22.7 Å². The normalized spacial score (nSPS) is 17.3. The molecule has 1 aromatic carbocycles. The molecule has 0 unspecified atom stereocenters. The minimum Gasteiger partial charge on any atom is -0.0984 e. The van der Waals surface area contributed by atoms with Crippen molar-refractivity contribution in [2.45, 2.75) is 44.9 Å². The van der Waals surface area contributed by atoms with Crippen LogP contribution >= 0.6 is 0 Å². The zero-order chi connectivity index (χ0) is 13.6. The van der Waals surface area contributed by atoms with Crippen LogP contribution in [0.2, 0.25) is 25.7 Å². The van der Waals surface area contributed by atoms with Crippen molar-refractivity contribution in [1.29, 1.82) is 0 Å². The van der Waals surface area contributed by atoms with Crippen molar-refractivity contribution in [2.24, 2.45) is 0 Å². The zero-order valence-electron chi connectivity index (χ0n) is 12.3. The highest BCUT2D eigenvalue weighted by Gasteiger charge is 2.35. The zero-order valence-corrected chi connectivity index (χ0v) is 13.3. The molecule has 1 heteroatoms. The molecule has 0 saturated heterocycles. The molecule has 1 aromatic rings. The van der Waals surface area contributed by atoms with E-state index in [0.29, 0.717) is 0 Å². The minimum atomic E-state index is -1.07. The molecule has 0 fully saturated rings. The Bertz CT molecular complexity index is 513. The third kappa shape index (κ3) is 2.24. The maximum absolute atomic E-state index is 3.94. The van der Waals surface area contributed by atoms with Gasteiger partial charge in [-0.05, 0) is 22.7 Å². The lowest BCUT2D eigenvalue weighted by Gasteiger charge is -2.29. The Balaban J connectivity index is 2.51. The molecule has 0 nitrogen and oxygen atoms in total. The van der Waals surface area contributed by atoms with Crippen LogP contribution in [0.5, 0.6) is 0 Å². The molecule has 2 rings (SSSR count). The monoisotopic (exact) mass is 256 g/mol. The fourth-order valence-electron chi connectivity index (χ4n) is 2.84. The number of fused-ring (bicyclic) bond motifs is 1. The van der Waals surface area contributed by atoms with Crippen LogP contribution in [0.25, 0.3) is 12.2 Å². The Hall–Kier alpha value is -1.08. The first-order chi connectivity index (χ1) is 8.25. The molecular weight excluding hydrogens is 232 g/mol. The molecule has 0 spiro atoms. The largest absolute Gasteiger partial charge is 0.0984 e. The molecule has 0 radical (unpaired) electrons. The summed E-state index contributed by atoms with van der Waals surface area (Å²) >= 11 is 0. The van der Waals surface area contributed by atoms with E-state index in [1.807, 2.05) is 6.08 Å². The lowest BCUT2D eigenvalue weighted by atomic mass is 9.81. The van der Waals surface area contributed by atoms with Gasteiger partial charge in [-0.2, -0.15) is 0 Å². The van der Waals surface area contributed by atoms with Crippen LogP contribution in [-0.4, -0.2) is 8.07 Å². The SMILES string of the molecule is C=Cc1cccc2c1C=C(C[Si](C)(C)C)C2(C)C. The summed E-state index contributed by atoms with van der Waals surface area (Å²) in [5.74, 6) is 0. The first-order valence-electron chi connectivity index (χ1n) is 6.73. The molecule has 0 bridgehead atoms. The van der Waals surface area contributed by atoms with Gasteiger partial charge in [-0.25, -0.2) is 0 Å². The third-order valence-electron chi connectivity index (χ3n) is 3.88. The summed E-state index contributed by atoms with van der Waals surface area (Å²) in [6.45, 7) is 16.0. The van der Waals surface area contributed by atoms with Gasteiger partial charge in [-0.1, -0.05) is 76.0 Å². The third-order valence-corrected chi connectivity index (χ3v) is 5.32. The highest BCUT2D eigenvalue weighted by molar-refractivity contribution is 6.76. The van der Waals surface area contributed by atoms with Crippen LogP contribution in [0.1, 0.15) is 30.5 Å². The smallest absolute Gasteiger partial charge is 0.0483 e. The van der Waals surface area contributed by atoms with Gasteiger partial charge in [0.1, 0.15) is 0 Å². The van der Waals surface area contributed by atoms with Gasteiger partial charge in [0.2, 0.25) is 0 Å². The van der Waals surface area contributed by atoms with Crippen molar-refractivity contribution in [2.75, 3.05) is 0 Å². The number of allylic oxidation sites excluding steroid dienone is 1. The van der Waals surface area contributed by atoms with Crippen molar-refractivity contribution in [3.05, 3.63) is 47.0 Å². The number of hydrogen-bond donors (Lipinski definition) is 0. The predicted octanol–water partition coefficient (Wildman–Crippen LogP) is 5.34. The van der Waals surface area contributed by atoms with Crippen molar-refractivity contribution in [3.63, 3.8) is 0 Å². The fraction of sp³-hybridized carbons (Fsp3) is 0.412. The van der Waals surface area contributed by atoms with E-state index in [1.54, 1.807) is 5.57 Å². The van der Waals surface area contributed by atoms with Gasteiger partial charge in [0.25, 0.3) is 0 Å². The van der Waals surface area contributed by atoms with Gasteiger partial charge in [0.05, 0.1) is 0 Å². The van der Waals surface area contributed by atoms with Gasteiger partial charge in [0, 0.05) is 13.5 Å². The lowest BCUT2D eigenvalue weighted by molar-refractivity contribution is 0.637. The van der Waals surface area contributed by atoms with E-state index >= 15 is 0 Å². The van der Waals surface area contributed by atoms with Crippen LogP contribution in [0.4, 0.5) is 0 Å². The van der Waals surface area contributed by atoms with Gasteiger partial charge in [-0.15, -0.1) is 0 Å². The van der Waals surface area contributed by atoms with E-state index in [2.05, 4.69) is 64.3 Å². The topological polar surface area (TPSA) is 0 Å². The summed E-state index contributed by atoms with van der Waals surface area (Å²) in [5.41, 5.74) is 5.92. The molecule has 1 aliphatic rings. The highest BCUT2D eigenvalue weighted by Crippen LogP contribution is 2.45. The van der Waals surface area contributed by atoms with Crippen molar-refractivity contribution < 1.29 is 0 Å². The van der Waals surface area contributed by atoms with E-state index in [9.17, 15) is 0 Å². The van der Waals surface area contributed by atoms with E-state index in [0.717, 1.165) is 0 Å². The molecule has 0 heterocycles. The van der Waals surface area contributed by atoms with Crippen LogP contribution in [-0.2, 0) is 5.41 Å². The molecule has 0 aliphatic heterocycles. The summed E-state index contributed by atoms with van der Waals surface area (Å²) < 4.78 is 0. The number of rotatable bonds is 3. The second-order valence-electron chi connectivity index (χ2n) is 7.04. The Morgan fingerprint density at radius 1 is 1.22 bits per heavy atom. The van der Waals surface area contributed by atoms with Crippen LogP contribution in [0.3, 0.4) is 0 Å². The first-order valence-corrected chi connectivity index (χ1v) is 10.4. The van der Waals surface area contributed by atoms with Gasteiger partial charge < -0.3 is 0 Å². The van der Waals surface area contributed by atoms with Crippen LogP contribution < -0.4 is 0 Å². The molecule has 1 aliphatic carbocycles. The average molecular weight is 256 g/mol. The molecule has 0 N–H and O–H groups in total. The maximum atomic E-state index is 3.94. The average Bonchev–Trinajstić information content (AvgIpc) is 2.49. The summed E-state index contributed by atoms with van der Waals surface area (Å²) in [6, 6.07) is 7.88. The Morgan fingerprint density at radius 2 is 1.89 bits per heavy atom. The second-order valence-corrected chi connectivity index (χ2v) is 12.5. The number of benzene rings is 1. The van der Waals surface area contributed by atoms with Gasteiger partial charge >= 0.3 is 0 Å². The maximum Gasteiger partial charge on any atom is 0.0483 e. The van der Waals surface area contributed by atoms with E-state index in [4.69, 9.17) is 0 Å². The van der Waals surface area contributed by atoms with Gasteiger partial charge in [0.15, 0.2) is 0 Å². The molecule has 0 amide bonds. The van der Waals surface area contributed by atoms with Crippen molar-refractivity contribution in [3.8, 4) is 0 Å². The van der Waals surface area contributed by atoms with E-state index < -0.39 is 8.07 Å². The van der Waals surface area contributed by atoms with Crippen molar-refractivity contribution >= 4 is 20.2 Å². The molecule has 96 valence electrons. The Kier molecular flexibility index (Phi) is 3.14. The van der Waals surface area contributed by atoms with Gasteiger partial charge in [-0.3, -0.25) is 0 Å². The van der Waals surface area contributed by atoms with Crippen LogP contribution in [0.15, 0.2) is 30.4 Å². The Morgan fingerprint density at radius 3 is 2.44 bits per heavy atom. The van der Waals surface area contributed by atoms with Crippen molar-refractivity contribution in [1.82, 2.24) is 0 Å². The minimum absolute atomic E-state index is 0.189. The summed E-state index contributed by atoms with van der Waals surface area (Å²) in [4.78, 5) is 0. The molecular formula is C17H24Si. The second kappa shape index (κ2) is 4.24. The molecule has 18 heavy (non-hydrogen) atoms. The lowest BCUT2D eigenvalue weighted by Crippen LogP contribution is -2.26. The Labute approximate surface area is 112 Å². The predicted molar refractivity (Wildman–Crippen MR) is 85.7 cm³/mol. The van der Waals surface area contributed by atoms with E-state index in [-0.39, 0.29) is 5.41 Å². The summed E-state index contributed by atoms with van der Waals surface area (Å²) in [5, 5.41) is 0.